The third-order valence-corrected chi connectivity index (χ3v) is 5.54. The van der Waals surface area contributed by atoms with E-state index in [2.05, 4.69) is 5.32 Å². The average molecular weight is 423 g/mol. The molecule has 154 valence electrons. The zero-order valence-electron chi connectivity index (χ0n) is 15.1. The Balaban J connectivity index is 2.12. The standard InChI is InChI=1S/C17H17N3O8S/c1-19(29(26,27)15-5-3-2-4-14(15)20(24)25)12-6-8-13(9-7-12)28-11-16(21)18-10-17(22)23/h2-9H,10-11H2,1H3,(H,18,21)(H,22,23). The van der Waals surface area contributed by atoms with E-state index in [-0.39, 0.29) is 11.4 Å². The van der Waals surface area contributed by atoms with Crippen LogP contribution in [0.15, 0.2) is 53.4 Å². The van der Waals surface area contributed by atoms with Gasteiger partial charge in [0.25, 0.3) is 21.6 Å². The van der Waals surface area contributed by atoms with E-state index in [9.17, 15) is 28.1 Å². The minimum absolute atomic E-state index is 0.214. The average Bonchev–Trinajstić information content (AvgIpc) is 2.70. The first-order chi connectivity index (χ1) is 13.6. The molecule has 2 aromatic rings. The number of nitro groups is 1. The van der Waals surface area contributed by atoms with Crippen molar-refractivity contribution in [2.24, 2.45) is 0 Å². The topological polar surface area (TPSA) is 156 Å². The van der Waals surface area contributed by atoms with Crippen molar-refractivity contribution in [3.8, 4) is 5.75 Å². The predicted molar refractivity (Wildman–Crippen MR) is 101 cm³/mol. The molecular formula is C17H17N3O8S. The molecule has 11 nitrogen and oxygen atoms in total. The summed E-state index contributed by atoms with van der Waals surface area (Å²) in [7, 11) is -2.94. The van der Waals surface area contributed by atoms with Crippen LogP contribution >= 0.6 is 0 Å². The van der Waals surface area contributed by atoms with Crippen molar-refractivity contribution >= 4 is 33.3 Å². The predicted octanol–water partition coefficient (Wildman–Crippen LogP) is 0.999. The number of carbonyl (C=O) groups is 2. The minimum Gasteiger partial charge on any atom is -0.484 e. The van der Waals surface area contributed by atoms with E-state index in [4.69, 9.17) is 9.84 Å². The number of anilines is 1. The molecule has 0 atom stereocenters. The number of carbonyl (C=O) groups excluding carboxylic acids is 1. The Morgan fingerprint density at radius 2 is 1.79 bits per heavy atom. The van der Waals surface area contributed by atoms with Gasteiger partial charge in [0.05, 0.1) is 10.6 Å². The summed E-state index contributed by atoms with van der Waals surface area (Å²) in [5.74, 6) is -1.58. The van der Waals surface area contributed by atoms with Gasteiger partial charge in [-0.05, 0) is 30.3 Å². The molecule has 12 heteroatoms. The molecule has 2 N–H and O–H groups in total. The molecule has 0 fully saturated rings. The molecule has 0 aliphatic heterocycles. The van der Waals surface area contributed by atoms with Crippen LogP contribution in [-0.4, -0.2) is 50.5 Å². The Morgan fingerprint density at radius 1 is 1.17 bits per heavy atom. The normalized spacial score (nSPS) is 10.8. The summed E-state index contributed by atoms with van der Waals surface area (Å²) in [4.78, 5) is 31.7. The minimum atomic E-state index is -4.19. The van der Waals surface area contributed by atoms with Crippen molar-refractivity contribution in [3.05, 3.63) is 58.6 Å². The molecule has 0 aliphatic rings. The zero-order chi connectivity index (χ0) is 21.6. The van der Waals surface area contributed by atoms with Gasteiger partial charge in [-0.2, -0.15) is 0 Å². The number of benzene rings is 2. The van der Waals surface area contributed by atoms with Crippen LogP contribution in [0.5, 0.6) is 5.75 Å². The fourth-order valence-electron chi connectivity index (χ4n) is 2.24. The molecular weight excluding hydrogens is 406 g/mol. The Kier molecular flexibility index (Phi) is 6.72. The maximum Gasteiger partial charge on any atom is 0.322 e. The lowest BCUT2D eigenvalue weighted by molar-refractivity contribution is -0.387. The first-order valence-corrected chi connectivity index (χ1v) is 9.50. The number of nitrogens with one attached hydrogen (secondary N) is 1. The number of sulfonamides is 1. The highest BCUT2D eigenvalue weighted by Gasteiger charge is 2.29. The third-order valence-electron chi connectivity index (χ3n) is 3.71. The number of para-hydroxylation sites is 1. The summed E-state index contributed by atoms with van der Waals surface area (Å²) in [5, 5.41) is 21.7. The second-order valence-electron chi connectivity index (χ2n) is 5.65. The Labute approximate surface area is 165 Å². The van der Waals surface area contributed by atoms with Gasteiger partial charge in [-0.25, -0.2) is 8.42 Å². The second kappa shape index (κ2) is 9.01. The number of rotatable bonds is 9. The lowest BCUT2D eigenvalue weighted by atomic mass is 10.3. The summed E-state index contributed by atoms with van der Waals surface area (Å²) < 4.78 is 31.6. The smallest absolute Gasteiger partial charge is 0.322 e. The first-order valence-electron chi connectivity index (χ1n) is 8.06. The summed E-state index contributed by atoms with van der Waals surface area (Å²) in [6.45, 7) is -0.952. The Bertz CT molecular complexity index is 1020. The molecule has 0 bridgehead atoms. The van der Waals surface area contributed by atoms with Crippen molar-refractivity contribution in [1.82, 2.24) is 5.32 Å². The fraction of sp³-hybridized carbons (Fsp3) is 0.176. The van der Waals surface area contributed by atoms with Gasteiger partial charge >= 0.3 is 5.97 Å². The molecule has 0 unspecified atom stereocenters. The number of nitrogens with zero attached hydrogens (tertiary/aromatic N) is 2. The number of hydrogen-bond donors (Lipinski definition) is 2. The number of ether oxygens (including phenoxy) is 1. The number of carboxylic acids is 1. The molecule has 0 saturated heterocycles. The van der Waals surface area contributed by atoms with Crippen molar-refractivity contribution < 1.29 is 32.8 Å². The van der Waals surface area contributed by atoms with Gasteiger partial charge in [0.1, 0.15) is 12.3 Å². The van der Waals surface area contributed by atoms with Crippen LogP contribution in [0.3, 0.4) is 0 Å². The lowest BCUT2D eigenvalue weighted by Gasteiger charge is -2.19. The zero-order valence-corrected chi connectivity index (χ0v) is 16.0. The Morgan fingerprint density at radius 3 is 2.38 bits per heavy atom. The van der Waals surface area contributed by atoms with Crippen LogP contribution in [0, 0.1) is 10.1 Å². The van der Waals surface area contributed by atoms with Crippen LogP contribution < -0.4 is 14.4 Å². The highest BCUT2D eigenvalue weighted by atomic mass is 32.2. The Hall–Kier alpha value is -3.67. The molecule has 29 heavy (non-hydrogen) atoms. The summed E-state index contributed by atoms with van der Waals surface area (Å²) >= 11 is 0. The third kappa shape index (κ3) is 5.42. The highest BCUT2D eigenvalue weighted by molar-refractivity contribution is 7.93. The molecule has 0 saturated carbocycles. The van der Waals surface area contributed by atoms with Crippen molar-refractivity contribution in [3.63, 3.8) is 0 Å². The maximum atomic E-state index is 12.8. The molecule has 0 radical (unpaired) electrons. The fourth-order valence-corrected chi connectivity index (χ4v) is 3.59. The van der Waals surface area contributed by atoms with Gasteiger partial charge in [0, 0.05) is 13.1 Å². The van der Waals surface area contributed by atoms with E-state index in [1.807, 2.05) is 0 Å². The van der Waals surface area contributed by atoms with E-state index in [0.717, 1.165) is 16.4 Å². The van der Waals surface area contributed by atoms with E-state index >= 15 is 0 Å². The van der Waals surface area contributed by atoms with Gasteiger partial charge in [-0.15, -0.1) is 0 Å². The van der Waals surface area contributed by atoms with E-state index < -0.39 is 50.6 Å². The summed E-state index contributed by atoms with van der Waals surface area (Å²) in [6, 6.07) is 10.6. The number of hydrogen-bond acceptors (Lipinski definition) is 7. The molecule has 2 aromatic carbocycles. The van der Waals surface area contributed by atoms with Crippen molar-refractivity contribution in [2.75, 3.05) is 24.5 Å². The van der Waals surface area contributed by atoms with Crippen LogP contribution in [0.4, 0.5) is 11.4 Å². The van der Waals surface area contributed by atoms with Gasteiger partial charge in [0.15, 0.2) is 11.5 Å². The van der Waals surface area contributed by atoms with Gasteiger partial charge in [-0.3, -0.25) is 24.0 Å². The van der Waals surface area contributed by atoms with Crippen molar-refractivity contribution in [2.45, 2.75) is 4.90 Å². The van der Waals surface area contributed by atoms with E-state index in [1.54, 1.807) is 0 Å². The number of carboxylic acid groups (broad SMARTS) is 1. The molecule has 0 aromatic heterocycles. The number of nitro benzene ring substituents is 1. The highest BCUT2D eigenvalue weighted by Crippen LogP contribution is 2.29. The first kappa shape index (κ1) is 21.6. The van der Waals surface area contributed by atoms with Gasteiger partial charge in [0.2, 0.25) is 0 Å². The molecule has 0 spiro atoms. The summed E-state index contributed by atoms with van der Waals surface area (Å²) in [6.07, 6.45) is 0. The van der Waals surface area contributed by atoms with Crippen LogP contribution in [0.25, 0.3) is 0 Å². The van der Waals surface area contributed by atoms with Gasteiger partial charge in [-0.1, -0.05) is 12.1 Å². The molecule has 0 heterocycles. The van der Waals surface area contributed by atoms with Gasteiger partial charge < -0.3 is 15.2 Å². The monoisotopic (exact) mass is 423 g/mol. The maximum absolute atomic E-state index is 12.8. The van der Waals surface area contributed by atoms with Crippen LogP contribution in [0.1, 0.15) is 0 Å². The summed E-state index contributed by atoms with van der Waals surface area (Å²) in [5.41, 5.74) is -0.322. The van der Waals surface area contributed by atoms with Crippen LogP contribution in [-0.2, 0) is 19.6 Å². The van der Waals surface area contributed by atoms with E-state index in [0.29, 0.717) is 0 Å². The number of aliphatic carboxylic acids is 1. The second-order valence-corrected chi connectivity index (χ2v) is 7.59. The molecule has 0 aliphatic carbocycles. The lowest BCUT2D eigenvalue weighted by Crippen LogP contribution is -2.33. The largest absolute Gasteiger partial charge is 0.484 e. The SMILES string of the molecule is CN(c1ccc(OCC(=O)NCC(=O)O)cc1)S(=O)(=O)c1ccccc1[N+](=O)[O-]. The molecule has 2 rings (SSSR count). The van der Waals surface area contributed by atoms with Crippen LogP contribution in [0.2, 0.25) is 0 Å². The number of amides is 1. The molecule has 1 amide bonds. The van der Waals surface area contributed by atoms with E-state index in [1.165, 1.54) is 43.4 Å². The quantitative estimate of drug-likeness (QED) is 0.447. The van der Waals surface area contributed by atoms with Crippen molar-refractivity contribution in [1.29, 1.82) is 0 Å².